The molecule has 0 aliphatic carbocycles. The van der Waals surface area contributed by atoms with Crippen molar-refractivity contribution < 1.29 is 14.0 Å². The Hall–Kier alpha value is -4.34. The molecular formula is C29H19ClN4O4S. The van der Waals surface area contributed by atoms with E-state index in [4.69, 9.17) is 16.0 Å². The fourth-order valence-electron chi connectivity index (χ4n) is 5.58. The zero-order chi connectivity index (χ0) is 27.1. The normalized spacial score (nSPS) is 17.9. The van der Waals surface area contributed by atoms with Gasteiger partial charge in [-0.25, -0.2) is 0 Å². The summed E-state index contributed by atoms with van der Waals surface area (Å²) in [5, 5.41) is 10.0. The second-order valence-corrected chi connectivity index (χ2v) is 11.2. The van der Waals surface area contributed by atoms with E-state index in [-0.39, 0.29) is 28.6 Å². The molecule has 0 radical (unpaired) electrons. The predicted molar refractivity (Wildman–Crippen MR) is 149 cm³/mol. The molecule has 7 rings (SSSR count). The highest BCUT2D eigenvalue weighted by atomic mass is 35.5. The highest BCUT2D eigenvalue weighted by molar-refractivity contribution is 7.15. The van der Waals surface area contributed by atoms with Gasteiger partial charge in [0.1, 0.15) is 10.6 Å². The van der Waals surface area contributed by atoms with E-state index in [1.165, 1.54) is 16.2 Å². The van der Waals surface area contributed by atoms with Gasteiger partial charge in [0, 0.05) is 10.6 Å². The van der Waals surface area contributed by atoms with Crippen LogP contribution < -0.4 is 15.2 Å². The number of amides is 2. The van der Waals surface area contributed by atoms with Crippen LogP contribution in [-0.2, 0) is 16.9 Å². The third-order valence-electron chi connectivity index (χ3n) is 7.24. The molecule has 8 nitrogen and oxygen atoms in total. The summed E-state index contributed by atoms with van der Waals surface area (Å²) >= 11 is 7.26. The molecule has 10 heteroatoms. The van der Waals surface area contributed by atoms with Gasteiger partial charge >= 0.3 is 0 Å². The first-order valence-corrected chi connectivity index (χ1v) is 13.4. The first-order valence-electron chi connectivity index (χ1n) is 12.2. The molecule has 2 aromatic heterocycles. The smallest absolute Gasteiger partial charge is 0.297 e. The summed E-state index contributed by atoms with van der Waals surface area (Å²) in [6, 6.07) is 19.6. The molecule has 0 saturated heterocycles. The zero-order valence-electron chi connectivity index (χ0n) is 20.8. The number of carbonyl (C=O) groups is 2. The van der Waals surface area contributed by atoms with Crippen molar-refractivity contribution in [3.05, 3.63) is 115 Å². The van der Waals surface area contributed by atoms with Gasteiger partial charge in [-0.3, -0.25) is 19.3 Å². The Morgan fingerprint density at radius 1 is 0.974 bits per heavy atom. The summed E-state index contributed by atoms with van der Waals surface area (Å²) < 4.78 is 6.11. The third kappa shape index (κ3) is 3.20. The predicted octanol–water partition coefficient (Wildman–Crippen LogP) is 5.37. The average molecular weight is 555 g/mol. The Balaban J connectivity index is 1.56. The minimum Gasteiger partial charge on any atom is -0.450 e. The maximum absolute atomic E-state index is 14.8. The number of benzene rings is 3. The van der Waals surface area contributed by atoms with E-state index in [1.807, 2.05) is 37.3 Å². The van der Waals surface area contributed by atoms with Crippen molar-refractivity contribution in [3.63, 3.8) is 0 Å². The summed E-state index contributed by atoms with van der Waals surface area (Å²) in [5.41, 5.74) is 0.824. The van der Waals surface area contributed by atoms with Gasteiger partial charge in [-0.15, -0.1) is 10.2 Å². The van der Waals surface area contributed by atoms with Gasteiger partial charge in [-0.2, -0.15) is 0 Å². The van der Waals surface area contributed by atoms with Crippen LogP contribution in [0.3, 0.4) is 0 Å². The van der Waals surface area contributed by atoms with Crippen molar-refractivity contribution in [1.29, 1.82) is 0 Å². The van der Waals surface area contributed by atoms with Gasteiger partial charge < -0.3 is 9.32 Å². The van der Waals surface area contributed by atoms with Crippen LogP contribution in [0.2, 0.25) is 5.02 Å². The van der Waals surface area contributed by atoms with E-state index in [0.717, 1.165) is 11.1 Å². The van der Waals surface area contributed by atoms with Gasteiger partial charge in [-0.05, 0) is 49.7 Å². The van der Waals surface area contributed by atoms with Crippen molar-refractivity contribution in [3.8, 4) is 0 Å². The molecule has 0 bridgehead atoms. The number of hydrogen-bond acceptors (Lipinski definition) is 7. The Kier molecular flexibility index (Phi) is 5.07. The lowest BCUT2D eigenvalue weighted by Crippen LogP contribution is -2.53. The largest absolute Gasteiger partial charge is 0.450 e. The van der Waals surface area contributed by atoms with E-state index in [1.54, 1.807) is 48.2 Å². The Morgan fingerprint density at radius 3 is 2.49 bits per heavy atom. The number of nitrogens with zero attached hydrogens (tertiary/aromatic N) is 4. The summed E-state index contributed by atoms with van der Waals surface area (Å²) in [6.45, 7) is 3.84. The van der Waals surface area contributed by atoms with E-state index in [0.29, 0.717) is 26.7 Å². The topological polar surface area (TPSA) is 96.6 Å². The highest BCUT2D eigenvalue weighted by Crippen LogP contribution is 2.54. The minimum atomic E-state index is -1.81. The number of anilines is 2. The molecule has 2 aliphatic heterocycles. The molecule has 2 aliphatic rings. The third-order valence-corrected chi connectivity index (χ3v) is 8.32. The van der Waals surface area contributed by atoms with Crippen molar-refractivity contribution >= 4 is 56.5 Å². The monoisotopic (exact) mass is 554 g/mol. The van der Waals surface area contributed by atoms with Crippen LogP contribution in [0, 0.1) is 13.8 Å². The van der Waals surface area contributed by atoms with Crippen LogP contribution >= 0.6 is 22.9 Å². The lowest BCUT2D eigenvalue weighted by Gasteiger charge is -2.32. The van der Waals surface area contributed by atoms with Gasteiger partial charge in [0.25, 0.3) is 11.8 Å². The second-order valence-electron chi connectivity index (χ2n) is 9.62. The molecule has 4 heterocycles. The van der Waals surface area contributed by atoms with Crippen LogP contribution in [0.15, 0.2) is 75.9 Å². The molecule has 5 aromatic rings. The van der Waals surface area contributed by atoms with Gasteiger partial charge in [0.2, 0.25) is 10.9 Å². The molecule has 2 amide bonds. The molecule has 1 unspecified atom stereocenters. The van der Waals surface area contributed by atoms with E-state index >= 15 is 0 Å². The van der Waals surface area contributed by atoms with Crippen LogP contribution in [0.4, 0.5) is 10.8 Å². The quantitative estimate of drug-likeness (QED) is 0.298. The number of para-hydroxylation sites is 1. The van der Waals surface area contributed by atoms with E-state index in [9.17, 15) is 14.4 Å². The minimum absolute atomic E-state index is 0.00508. The van der Waals surface area contributed by atoms with Gasteiger partial charge in [0.15, 0.2) is 11.0 Å². The van der Waals surface area contributed by atoms with Crippen LogP contribution in [0.1, 0.15) is 37.8 Å². The fraction of sp³-hybridized carbons (Fsp3) is 0.138. The first kappa shape index (κ1) is 23.8. The molecule has 0 N–H and O–H groups in total. The molecule has 39 heavy (non-hydrogen) atoms. The molecule has 0 saturated carbocycles. The van der Waals surface area contributed by atoms with Crippen LogP contribution in [0.25, 0.3) is 11.0 Å². The van der Waals surface area contributed by atoms with Gasteiger partial charge in [-0.1, -0.05) is 64.9 Å². The summed E-state index contributed by atoms with van der Waals surface area (Å²) in [6.07, 6.45) is 0. The van der Waals surface area contributed by atoms with E-state index < -0.39 is 22.8 Å². The lowest BCUT2D eigenvalue weighted by atomic mass is 9.84. The molecule has 1 atom stereocenters. The zero-order valence-corrected chi connectivity index (χ0v) is 22.3. The number of carbonyl (C=O) groups excluding carboxylic acids is 2. The maximum atomic E-state index is 14.8. The number of fused-ring (bicyclic) bond motifs is 5. The van der Waals surface area contributed by atoms with Crippen molar-refractivity contribution in [2.24, 2.45) is 0 Å². The fourth-order valence-corrected chi connectivity index (χ4v) is 6.45. The summed E-state index contributed by atoms with van der Waals surface area (Å²) in [7, 11) is 0. The standard InChI is InChI=1S/C29H19ClN4O4S/c1-15-7-12-22-19(13-15)24(35)23-25(38-22)26(36)34(28-32-31-16(2)39-28)29(23)20-5-3-4-6-21(20)33(27(29)37)14-17-8-10-18(30)11-9-17/h3-13H,14H2,1-2H3. The Labute approximate surface area is 231 Å². The van der Waals surface area contributed by atoms with E-state index in [2.05, 4.69) is 10.2 Å². The summed E-state index contributed by atoms with van der Waals surface area (Å²) in [5.74, 6) is -1.23. The maximum Gasteiger partial charge on any atom is 0.297 e. The number of aryl methyl sites for hydroxylation is 2. The number of aromatic nitrogens is 2. The molecule has 192 valence electrons. The van der Waals surface area contributed by atoms with Crippen molar-refractivity contribution in [1.82, 2.24) is 10.2 Å². The second kappa shape index (κ2) is 8.33. The first-order chi connectivity index (χ1) is 18.8. The SMILES string of the molecule is Cc1ccc2oc3c(c(=O)c2c1)C1(C(=O)N(Cc2ccc(Cl)cc2)c2ccccc21)N(c1nnc(C)s1)C3=O. The molecule has 1 spiro atoms. The Bertz CT molecular complexity index is 1920. The molecule has 0 fully saturated rings. The average Bonchev–Trinajstić information content (AvgIpc) is 3.54. The number of halogens is 1. The molecular weight excluding hydrogens is 536 g/mol. The highest BCUT2D eigenvalue weighted by Gasteiger charge is 2.66. The number of hydrogen-bond donors (Lipinski definition) is 0. The van der Waals surface area contributed by atoms with Gasteiger partial charge in [0.05, 0.1) is 23.2 Å². The summed E-state index contributed by atoms with van der Waals surface area (Å²) in [4.78, 5) is 46.1. The lowest BCUT2D eigenvalue weighted by molar-refractivity contribution is -0.121. The van der Waals surface area contributed by atoms with Crippen molar-refractivity contribution in [2.45, 2.75) is 25.9 Å². The van der Waals surface area contributed by atoms with Crippen LogP contribution in [-0.4, -0.2) is 22.0 Å². The van der Waals surface area contributed by atoms with Crippen molar-refractivity contribution in [2.75, 3.05) is 9.80 Å². The number of rotatable bonds is 3. The Morgan fingerprint density at radius 2 is 1.74 bits per heavy atom. The molecule has 3 aromatic carbocycles. The van der Waals surface area contributed by atoms with Crippen LogP contribution in [0.5, 0.6) is 0 Å².